The maximum Gasteiger partial charge on any atom is 0.336 e. The maximum atomic E-state index is 12.5. The van der Waals surface area contributed by atoms with Crippen molar-refractivity contribution in [1.82, 2.24) is 4.98 Å². The van der Waals surface area contributed by atoms with E-state index in [-0.39, 0.29) is 11.5 Å². The van der Waals surface area contributed by atoms with Gasteiger partial charge in [-0.25, -0.2) is 9.78 Å². The Balaban J connectivity index is 1.36. The number of aromatic carboxylic acids is 1. The van der Waals surface area contributed by atoms with Gasteiger partial charge in [-0.3, -0.25) is 4.79 Å². The highest BCUT2D eigenvalue weighted by atomic mass is 16.5. The van der Waals surface area contributed by atoms with E-state index in [1.54, 1.807) is 55.6 Å². The van der Waals surface area contributed by atoms with Crippen molar-refractivity contribution in [2.24, 2.45) is 0 Å². The number of ether oxygens (including phenoxy) is 1. The van der Waals surface area contributed by atoms with Crippen LogP contribution in [0, 0.1) is 0 Å². The molecule has 4 aromatic rings. The van der Waals surface area contributed by atoms with Crippen molar-refractivity contribution in [3.05, 3.63) is 90.0 Å². The van der Waals surface area contributed by atoms with Crippen molar-refractivity contribution >= 4 is 40.0 Å². The molecular weight excluding hydrogens is 456 g/mol. The third-order valence-corrected chi connectivity index (χ3v) is 6.36. The molecule has 1 amide bonds. The van der Waals surface area contributed by atoms with Gasteiger partial charge in [-0.05, 0) is 60.7 Å². The van der Waals surface area contributed by atoms with E-state index in [4.69, 9.17) is 9.72 Å². The standard InChI is InChI=1S/C28H26N4O4/c1-36-22-10-8-21(9-11-22)31-13-15-32(16-14-31)26-18-24(28(34)35)23-17-20(7-12-25(23)30-26)29-27(33)19-5-3-2-4-6-19/h2-12,17-18H,13-16H2,1H3,(H,29,33)(H,34,35). The molecule has 2 heterocycles. The molecule has 1 aliphatic heterocycles. The number of rotatable bonds is 6. The number of nitrogens with one attached hydrogen (secondary N) is 1. The number of benzene rings is 3. The lowest BCUT2D eigenvalue weighted by Gasteiger charge is -2.37. The summed E-state index contributed by atoms with van der Waals surface area (Å²) in [6.45, 7) is 3.02. The Labute approximate surface area is 208 Å². The summed E-state index contributed by atoms with van der Waals surface area (Å²) in [4.78, 5) is 33.8. The fourth-order valence-electron chi connectivity index (χ4n) is 4.41. The summed E-state index contributed by atoms with van der Waals surface area (Å²) in [5, 5.41) is 13.3. The highest BCUT2D eigenvalue weighted by molar-refractivity contribution is 6.08. The number of fused-ring (bicyclic) bond motifs is 1. The van der Waals surface area contributed by atoms with Gasteiger partial charge in [-0.1, -0.05) is 18.2 Å². The van der Waals surface area contributed by atoms with Crippen molar-refractivity contribution < 1.29 is 19.4 Å². The number of methoxy groups -OCH3 is 1. The number of anilines is 3. The molecule has 8 heteroatoms. The molecule has 0 spiro atoms. The van der Waals surface area contributed by atoms with Crippen LogP contribution in [0.3, 0.4) is 0 Å². The number of carbonyl (C=O) groups excluding carboxylic acids is 1. The lowest BCUT2D eigenvalue weighted by molar-refractivity contribution is 0.0698. The Kier molecular flexibility index (Phi) is 6.40. The van der Waals surface area contributed by atoms with E-state index < -0.39 is 5.97 Å². The van der Waals surface area contributed by atoms with Gasteiger partial charge in [0.2, 0.25) is 0 Å². The highest BCUT2D eigenvalue weighted by Crippen LogP contribution is 2.28. The molecule has 0 aliphatic carbocycles. The van der Waals surface area contributed by atoms with E-state index in [1.165, 1.54) is 0 Å². The predicted octanol–water partition coefficient (Wildman–Crippen LogP) is 4.52. The number of pyridine rings is 1. The van der Waals surface area contributed by atoms with Gasteiger partial charge < -0.3 is 25.0 Å². The molecule has 2 N–H and O–H groups in total. The molecule has 0 unspecified atom stereocenters. The van der Waals surface area contributed by atoms with Gasteiger partial charge in [0, 0.05) is 48.5 Å². The normalized spacial score (nSPS) is 13.5. The van der Waals surface area contributed by atoms with Crippen LogP contribution in [0.25, 0.3) is 10.9 Å². The number of hydrogen-bond acceptors (Lipinski definition) is 6. The van der Waals surface area contributed by atoms with Crippen LogP contribution in [0.4, 0.5) is 17.2 Å². The van der Waals surface area contributed by atoms with Crippen molar-refractivity contribution in [2.75, 3.05) is 48.4 Å². The lowest BCUT2D eigenvalue weighted by atomic mass is 10.1. The zero-order chi connectivity index (χ0) is 25.1. The number of carboxylic acids is 1. The zero-order valence-corrected chi connectivity index (χ0v) is 19.8. The smallest absolute Gasteiger partial charge is 0.336 e. The minimum atomic E-state index is -1.04. The van der Waals surface area contributed by atoms with Crippen molar-refractivity contribution in [2.45, 2.75) is 0 Å². The van der Waals surface area contributed by atoms with Crippen LogP contribution in [-0.4, -0.2) is 55.3 Å². The second-order valence-electron chi connectivity index (χ2n) is 8.56. The van der Waals surface area contributed by atoms with Gasteiger partial charge in [0.05, 0.1) is 18.2 Å². The van der Waals surface area contributed by atoms with Gasteiger partial charge >= 0.3 is 5.97 Å². The summed E-state index contributed by atoms with van der Waals surface area (Å²) in [5.74, 6) is 0.162. The minimum Gasteiger partial charge on any atom is -0.497 e. The quantitative estimate of drug-likeness (QED) is 0.417. The molecule has 1 fully saturated rings. The van der Waals surface area contributed by atoms with E-state index in [2.05, 4.69) is 15.1 Å². The SMILES string of the molecule is COc1ccc(N2CCN(c3cc(C(=O)O)c4cc(NC(=O)c5ccccc5)ccc4n3)CC2)cc1. The number of carboxylic acid groups (broad SMARTS) is 1. The number of piperazine rings is 1. The fraction of sp³-hybridized carbons (Fsp3) is 0.179. The molecule has 0 saturated carbocycles. The van der Waals surface area contributed by atoms with E-state index in [0.29, 0.717) is 28.0 Å². The first-order chi connectivity index (χ1) is 17.5. The maximum absolute atomic E-state index is 12.5. The van der Waals surface area contributed by atoms with Gasteiger partial charge in [0.15, 0.2) is 0 Å². The lowest BCUT2D eigenvalue weighted by Crippen LogP contribution is -2.46. The first kappa shape index (κ1) is 23.2. The number of amides is 1. The highest BCUT2D eigenvalue weighted by Gasteiger charge is 2.21. The summed E-state index contributed by atoms with van der Waals surface area (Å²) in [5.41, 5.74) is 2.89. The monoisotopic (exact) mass is 482 g/mol. The van der Waals surface area contributed by atoms with Crippen LogP contribution in [0.5, 0.6) is 5.75 Å². The van der Waals surface area contributed by atoms with Crippen molar-refractivity contribution in [3.63, 3.8) is 0 Å². The molecule has 0 radical (unpaired) electrons. The van der Waals surface area contributed by atoms with Crippen LogP contribution in [-0.2, 0) is 0 Å². The Bertz CT molecular complexity index is 1400. The molecule has 182 valence electrons. The van der Waals surface area contributed by atoms with E-state index in [1.807, 2.05) is 30.3 Å². The first-order valence-corrected chi connectivity index (χ1v) is 11.7. The fourth-order valence-corrected chi connectivity index (χ4v) is 4.41. The van der Waals surface area contributed by atoms with Crippen LogP contribution in [0.2, 0.25) is 0 Å². The van der Waals surface area contributed by atoms with Crippen LogP contribution < -0.4 is 19.9 Å². The predicted molar refractivity (Wildman–Crippen MR) is 141 cm³/mol. The molecule has 8 nitrogen and oxygen atoms in total. The largest absolute Gasteiger partial charge is 0.497 e. The number of hydrogen-bond donors (Lipinski definition) is 2. The Morgan fingerprint density at radius 3 is 2.25 bits per heavy atom. The molecule has 1 aliphatic rings. The first-order valence-electron chi connectivity index (χ1n) is 11.7. The van der Waals surface area contributed by atoms with Gasteiger partial charge in [0.1, 0.15) is 11.6 Å². The second-order valence-corrected chi connectivity index (χ2v) is 8.56. The van der Waals surface area contributed by atoms with Crippen molar-refractivity contribution in [1.29, 1.82) is 0 Å². The van der Waals surface area contributed by atoms with Crippen LogP contribution in [0.15, 0.2) is 78.9 Å². The summed E-state index contributed by atoms with van der Waals surface area (Å²) >= 11 is 0. The Morgan fingerprint density at radius 2 is 1.58 bits per heavy atom. The second kappa shape index (κ2) is 9.95. The number of nitrogens with zero attached hydrogens (tertiary/aromatic N) is 3. The summed E-state index contributed by atoms with van der Waals surface area (Å²) in [6, 6.07) is 23.6. The minimum absolute atomic E-state index is 0.156. The molecule has 0 atom stereocenters. The summed E-state index contributed by atoms with van der Waals surface area (Å²) in [7, 11) is 1.65. The van der Waals surface area contributed by atoms with Crippen LogP contribution >= 0.6 is 0 Å². The molecular formula is C28H26N4O4. The average molecular weight is 483 g/mol. The van der Waals surface area contributed by atoms with Crippen LogP contribution in [0.1, 0.15) is 20.7 Å². The average Bonchev–Trinajstić information content (AvgIpc) is 2.93. The summed E-state index contributed by atoms with van der Waals surface area (Å²) in [6.07, 6.45) is 0. The molecule has 1 aromatic heterocycles. The van der Waals surface area contributed by atoms with E-state index in [0.717, 1.165) is 37.6 Å². The van der Waals surface area contributed by atoms with E-state index in [9.17, 15) is 14.7 Å². The topological polar surface area (TPSA) is 95.0 Å². The molecule has 36 heavy (non-hydrogen) atoms. The summed E-state index contributed by atoms with van der Waals surface area (Å²) < 4.78 is 5.24. The van der Waals surface area contributed by atoms with Gasteiger partial charge in [-0.15, -0.1) is 0 Å². The molecule has 3 aromatic carbocycles. The number of aromatic nitrogens is 1. The Hall–Kier alpha value is -4.59. The third kappa shape index (κ3) is 4.79. The van der Waals surface area contributed by atoms with Gasteiger partial charge in [-0.2, -0.15) is 0 Å². The third-order valence-electron chi connectivity index (χ3n) is 6.36. The zero-order valence-electron chi connectivity index (χ0n) is 19.8. The molecule has 0 bridgehead atoms. The Morgan fingerprint density at radius 1 is 0.889 bits per heavy atom. The molecule has 1 saturated heterocycles. The van der Waals surface area contributed by atoms with Gasteiger partial charge in [0.25, 0.3) is 5.91 Å². The van der Waals surface area contributed by atoms with E-state index >= 15 is 0 Å². The molecule has 5 rings (SSSR count). The van der Waals surface area contributed by atoms with Crippen molar-refractivity contribution in [3.8, 4) is 5.75 Å². The number of carbonyl (C=O) groups is 2.